The second-order valence-electron chi connectivity index (χ2n) is 7.79. The monoisotopic (exact) mass is 492 g/mol. The minimum atomic E-state index is -0.249. The lowest BCUT2D eigenvalue weighted by atomic mass is 10.2. The van der Waals surface area contributed by atoms with Crippen LogP contribution in [-0.2, 0) is 11.3 Å². The van der Waals surface area contributed by atoms with Crippen molar-refractivity contribution in [1.82, 2.24) is 20.1 Å². The second-order valence-corrected chi connectivity index (χ2v) is 8.74. The maximum atomic E-state index is 12.6. The van der Waals surface area contributed by atoms with E-state index in [1.165, 1.54) is 11.8 Å². The highest BCUT2D eigenvalue weighted by molar-refractivity contribution is 7.99. The Labute approximate surface area is 206 Å². The molecule has 1 aliphatic heterocycles. The first-order valence-electron chi connectivity index (χ1n) is 11.1. The Morgan fingerprint density at radius 3 is 2.86 bits per heavy atom. The molecule has 2 aromatic carbocycles. The van der Waals surface area contributed by atoms with E-state index in [1.807, 2.05) is 65.2 Å². The predicted molar refractivity (Wildman–Crippen MR) is 130 cm³/mol. The fraction of sp³-hybridized carbons (Fsp3) is 0.240. The molecule has 2 aromatic heterocycles. The number of carbonyl (C=O) groups excluding carboxylic acids is 1. The topological polar surface area (TPSA) is 101 Å². The van der Waals surface area contributed by atoms with Crippen molar-refractivity contribution >= 4 is 17.7 Å². The van der Waals surface area contributed by atoms with E-state index in [-0.39, 0.29) is 17.8 Å². The van der Waals surface area contributed by atoms with Crippen LogP contribution in [0.5, 0.6) is 17.2 Å². The molecule has 0 unspecified atom stereocenters. The van der Waals surface area contributed by atoms with Gasteiger partial charge >= 0.3 is 0 Å². The van der Waals surface area contributed by atoms with Gasteiger partial charge in [0.05, 0.1) is 32.2 Å². The molecule has 0 aliphatic carbocycles. The molecule has 0 bridgehead atoms. The standard InChI is InChI=1S/C25H24N4O5S/c1-31-18-7-4-6-17(12-18)24-27-28-25(29(24)14-19-8-5-11-32-19)35-16-23(30)26-13-20-15-33-21-9-2-3-10-22(21)34-20/h2-12,20H,13-16H2,1H3,(H,26,30)/t20-/m1/s1. The molecule has 10 heteroatoms. The fourth-order valence-electron chi connectivity index (χ4n) is 3.64. The number of amides is 1. The lowest BCUT2D eigenvalue weighted by Gasteiger charge is -2.26. The minimum absolute atomic E-state index is 0.132. The highest BCUT2D eigenvalue weighted by Gasteiger charge is 2.22. The van der Waals surface area contributed by atoms with Crippen molar-refractivity contribution < 1.29 is 23.4 Å². The molecule has 5 rings (SSSR count). The van der Waals surface area contributed by atoms with Crippen LogP contribution in [0.25, 0.3) is 11.4 Å². The van der Waals surface area contributed by atoms with Crippen LogP contribution in [0.4, 0.5) is 0 Å². The lowest BCUT2D eigenvalue weighted by Crippen LogP contribution is -2.41. The van der Waals surface area contributed by atoms with E-state index < -0.39 is 0 Å². The Hall–Kier alpha value is -3.92. The van der Waals surface area contributed by atoms with Crippen molar-refractivity contribution in [2.75, 3.05) is 26.0 Å². The number of nitrogens with zero attached hydrogens (tertiary/aromatic N) is 3. The average Bonchev–Trinajstić information content (AvgIpc) is 3.56. The van der Waals surface area contributed by atoms with Gasteiger partial charge in [0, 0.05) is 5.56 Å². The minimum Gasteiger partial charge on any atom is -0.497 e. The van der Waals surface area contributed by atoms with Crippen molar-refractivity contribution in [3.8, 4) is 28.6 Å². The van der Waals surface area contributed by atoms with Gasteiger partial charge in [-0.15, -0.1) is 10.2 Å². The number of para-hydroxylation sites is 2. The Morgan fingerprint density at radius 1 is 1.14 bits per heavy atom. The van der Waals surface area contributed by atoms with Crippen LogP contribution in [0.15, 0.2) is 76.5 Å². The van der Waals surface area contributed by atoms with Crippen LogP contribution in [0.3, 0.4) is 0 Å². The van der Waals surface area contributed by atoms with E-state index in [4.69, 9.17) is 18.6 Å². The lowest BCUT2D eigenvalue weighted by molar-refractivity contribution is -0.119. The Morgan fingerprint density at radius 2 is 2.03 bits per heavy atom. The smallest absolute Gasteiger partial charge is 0.230 e. The molecule has 0 spiro atoms. The van der Waals surface area contributed by atoms with Gasteiger partial charge in [-0.05, 0) is 36.4 Å². The molecule has 0 radical (unpaired) electrons. The third-order valence-corrected chi connectivity index (χ3v) is 6.33. The van der Waals surface area contributed by atoms with E-state index in [0.717, 1.165) is 17.1 Å². The SMILES string of the molecule is COc1cccc(-c2nnc(SCC(=O)NC[C@@H]3COc4ccccc4O3)n2Cc2ccco2)c1. The number of fused-ring (bicyclic) bond motifs is 1. The maximum absolute atomic E-state index is 12.6. The van der Waals surface area contributed by atoms with Gasteiger partial charge in [0.25, 0.3) is 0 Å². The Kier molecular flexibility index (Phi) is 6.89. The van der Waals surface area contributed by atoms with E-state index in [9.17, 15) is 4.79 Å². The van der Waals surface area contributed by atoms with Crippen molar-refractivity contribution in [1.29, 1.82) is 0 Å². The van der Waals surface area contributed by atoms with Crippen molar-refractivity contribution in [3.05, 3.63) is 72.7 Å². The van der Waals surface area contributed by atoms with Crippen LogP contribution in [-0.4, -0.2) is 52.8 Å². The summed E-state index contributed by atoms with van der Waals surface area (Å²) in [6.07, 6.45) is 1.38. The molecule has 1 amide bonds. The summed E-state index contributed by atoms with van der Waals surface area (Å²) in [5.74, 6) is 3.59. The summed E-state index contributed by atoms with van der Waals surface area (Å²) < 4.78 is 24.4. The summed E-state index contributed by atoms with van der Waals surface area (Å²) in [6.45, 7) is 1.16. The highest BCUT2D eigenvalue weighted by atomic mass is 32.2. The van der Waals surface area contributed by atoms with Crippen LogP contribution >= 0.6 is 11.8 Å². The maximum Gasteiger partial charge on any atom is 0.230 e. The number of furan rings is 1. The van der Waals surface area contributed by atoms with Gasteiger partial charge in [0.2, 0.25) is 5.91 Å². The van der Waals surface area contributed by atoms with Crippen molar-refractivity contribution in [2.24, 2.45) is 0 Å². The Balaban J connectivity index is 1.24. The summed E-state index contributed by atoms with van der Waals surface area (Å²) in [6, 6.07) is 18.8. The number of methoxy groups -OCH3 is 1. The zero-order valence-electron chi connectivity index (χ0n) is 19.0. The van der Waals surface area contributed by atoms with Crippen LogP contribution in [0, 0.1) is 0 Å². The molecule has 1 aliphatic rings. The largest absolute Gasteiger partial charge is 0.497 e. The van der Waals surface area contributed by atoms with Crippen LogP contribution in [0.2, 0.25) is 0 Å². The van der Waals surface area contributed by atoms with Gasteiger partial charge in [-0.1, -0.05) is 36.0 Å². The first-order chi connectivity index (χ1) is 17.2. The number of hydrogen-bond acceptors (Lipinski definition) is 8. The number of rotatable bonds is 9. The number of nitrogens with one attached hydrogen (secondary N) is 1. The molecule has 9 nitrogen and oxygen atoms in total. The molecule has 3 heterocycles. The summed E-state index contributed by atoms with van der Waals surface area (Å²) >= 11 is 1.31. The quantitative estimate of drug-likeness (QED) is 0.354. The van der Waals surface area contributed by atoms with E-state index in [0.29, 0.717) is 42.2 Å². The second kappa shape index (κ2) is 10.6. The number of ether oxygens (including phenoxy) is 3. The summed E-state index contributed by atoms with van der Waals surface area (Å²) in [7, 11) is 1.62. The van der Waals surface area contributed by atoms with E-state index >= 15 is 0 Å². The molecule has 0 fully saturated rings. The molecule has 1 N–H and O–H groups in total. The molecular formula is C25H24N4O5S. The molecule has 0 saturated heterocycles. The molecule has 35 heavy (non-hydrogen) atoms. The predicted octanol–water partition coefficient (Wildman–Crippen LogP) is 3.64. The van der Waals surface area contributed by atoms with Crippen molar-refractivity contribution in [2.45, 2.75) is 17.8 Å². The number of benzene rings is 2. The van der Waals surface area contributed by atoms with Gasteiger partial charge < -0.3 is 23.9 Å². The number of hydrogen-bond donors (Lipinski definition) is 1. The zero-order valence-corrected chi connectivity index (χ0v) is 19.9. The van der Waals surface area contributed by atoms with Crippen LogP contribution < -0.4 is 19.5 Å². The summed E-state index contributed by atoms with van der Waals surface area (Å²) in [5, 5.41) is 12.3. The highest BCUT2D eigenvalue weighted by Crippen LogP contribution is 2.31. The summed E-state index contributed by atoms with van der Waals surface area (Å²) in [5.41, 5.74) is 0.856. The molecule has 1 atom stereocenters. The van der Waals surface area contributed by atoms with Gasteiger partial charge in [0.1, 0.15) is 24.2 Å². The van der Waals surface area contributed by atoms with Gasteiger partial charge in [-0.3, -0.25) is 9.36 Å². The number of thioether (sulfide) groups is 1. The van der Waals surface area contributed by atoms with Gasteiger partial charge in [-0.25, -0.2) is 0 Å². The number of aromatic nitrogens is 3. The first kappa shape index (κ1) is 22.9. The van der Waals surface area contributed by atoms with Gasteiger partial charge in [-0.2, -0.15) is 0 Å². The third-order valence-electron chi connectivity index (χ3n) is 5.37. The summed E-state index contributed by atoms with van der Waals surface area (Å²) in [4.78, 5) is 12.6. The first-order valence-corrected chi connectivity index (χ1v) is 12.1. The fourth-order valence-corrected chi connectivity index (χ4v) is 4.41. The molecule has 0 saturated carbocycles. The van der Waals surface area contributed by atoms with E-state index in [1.54, 1.807) is 13.4 Å². The van der Waals surface area contributed by atoms with E-state index in [2.05, 4.69) is 15.5 Å². The number of carbonyl (C=O) groups is 1. The normalized spacial score (nSPS) is 14.5. The Bertz CT molecular complexity index is 1290. The van der Waals surface area contributed by atoms with Gasteiger partial charge in [0.15, 0.2) is 22.5 Å². The van der Waals surface area contributed by atoms with Crippen molar-refractivity contribution in [3.63, 3.8) is 0 Å². The third kappa shape index (κ3) is 5.43. The molecule has 4 aromatic rings. The van der Waals surface area contributed by atoms with Crippen LogP contribution in [0.1, 0.15) is 5.76 Å². The zero-order chi connectivity index (χ0) is 24.0. The molecule has 180 valence electrons. The molecular weight excluding hydrogens is 468 g/mol. The average molecular weight is 493 g/mol.